The van der Waals surface area contributed by atoms with Gasteiger partial charge < -0.3 is 9.80 Å². The Balaban J connectivity index is 1.40. The van der Waals surface area contributed by atoms with E-state index in [0.29, 0.717) is 5.56 Å². The first-order chi connectivity index (χ1) is 14.2. The van der Waals surface area contributed by atoms with Crippen molar-refractivity contribution < 1.29 is 4.79 Å². The molecule has 3 aromatic rings. The molecule has 29 heavy (non-hydrogen) atoms. The molecule has 2 heterocycles. The first-order valence-corrected chi connectivity index (χ1v) is 10.0. The van der Waals surface area contributed by atoms with Crippen LogP contribution in [0.15, 0.2) is 79.0 Å². The van der Waals surface area contributed by atoms with E-state index >= 15 is 0 Å². The average Bonchev–Trinajstić information content (AvgIpc) is 2.80. The van der Waals surface area contributed by atoms with E-state index in [2.05, 4.69) is 45.1 Å². The molecule has 0 aliphatic carbocycles. The van der Waals surface area contributed by atoms with Gasteiger partial charge in [0.2, 0.25) is 0 Å². The van der Waals surface area contributed by atoms with Gasteiger partial charge in [-0.25, -0.2) is 4.98 Å². The molecule has 0 atom stereocenters. The van der Waals surface area contributed by atoms with Crippen molar-refractivity contribution in [3.63, 3.8) is 0 Å². The molecule has 5 heteroatoms. The number of nitrogens with zero attached hydrogens (tertiary/aromatic N) is 4. The van der Waals surface area contributed by atoms with Crippen molar-refractivity contribution in [3.8, 4) is 0 Å². The monoisotopic (exact) mass is 386 g/mol. The molecule has 148 valence electrons. The third-order valence-corrected chi connectivity index (χ3v) is 5.39. The quantitative estimate of drug-likeness (QED) is 0.671. The van der Waals surface area contributed by atoms with Crippen molar-refractivity contribution in [1.29, 1.82) is 0 Å². The second-order valence-electron chi connectivity index (χ2n) is 7.35. The molecule has 0 N–H and O–H groups in total. The van der Waals surface area contributed by atoms with Crippen LogP contribution in [0.3, 0.4) is 0 Å². The Labute approximate surface area is 172 Å². The van der Waals surface area contributed by atoms with Crippen LogP contribution in [0, 0.1) is 0 Å². The SMILES string of the molecule is CN(C(=O)c1ccnc(N2CCN(Cc3ccccc3)CC2)c1)c1ccccc1. The standard InChI is InChI=1S/C24H26N4O/c1-26(22-10-6-3-7-11-22)24(29)21-12-13-25-23(18-21)28-16-14-27(15-17-28)19-20-8-4-2-5-9-20/h2-13,18H,14-17,19H2,1H3. The molecule has 2 aromatic carbocycles. The molecular weight excluding hydrogens is 360 g/mol. The molecule has 1 aliphatic heterocycles. The molecule has 0 radical (unpaired) electrons. The Hall–Kier alpha value is -3.18. The van der Waals surface area contributed by atoms with E-state index in [-0.39, 0.29) is 5.91 Å². The molecular formula is C24H26N4O. The van der Waals surface area contributed by atoms with Crippen LogP contribution in [-0.2, 0) is 6.54 Å². The lowest BCUT2D eigenvalue weighted by Crippen LogP contribution is -2.46. The number of benzene rings is 2. The Morgan fingerprint density at radius 3 is 2.28 bits per heavy atom. The van der Waals surface area contributed by atoms with Gasteiger partial charge in [0.25, 0.3) is 5.91 Å². The van der Waals surface area contributed by atoms with Gasteiger partial charge in [0.1, 0.15) is 5.82 Å². The van der Waals surface area contributed by atoms with E-state index < -0.39 is 0 Å². The largest absolute Gasteiger partial charge is 0.354 e. The predicted octanol–water partition coefficient (Wildman–Crippen LogP) is 3.68. The fraction of sp³-hybridized carbons (Fsp3) is 0.250. The van der Waals surface area contributed by atoms with Crippen LogP contribution < -0.4 is 9.80 Å². The summed E-state index contributed by atoms with van der Waals surface area (Å²) in [6.45, 7) is 4.76. The smallest absolute Gasteiger partial charge is 0.258 e. The number of carbonyl (C=O) groups excluding carboxylic acids is 1. The molecule has 1 fully saturated rings. The summed E-state index contributed by atoms with van der Waals surface area (Å²) in [7, 11) is 1.81. The van der Waals surface area contributed by atoms with Gasteiger partial charge in [-0.2, -0.15) is 0 Å². The minimum Gasteiger partial charge on any atom is -0.354 e. The molecule has 1 saturated heterocycles. The lowest BCUT2D eigenvalue weighted by atomic mass is 10.2. The number of amides is 1. The van der Waals surface area contributed by atoms with Crippen molar-refractivity contribution in [1.82, 2.24) is 9.88 Å². The Bertz CT molecular complexity index is 937. The van der Waals surface area contributed by atoms with Crippen LogP contribution in [0.2, 0.25) is 0 Å². The lowest BCUT2D eigenvalue weighted by molar-refractivity contribution is 0.0993. The second-order valence-corrected chi connectivity index (χ2v) is 7.35. The van der Waals surface area contributed by atoms with E-state index in [9.17, 15) is 4.79 Å². The third kappa shape index (κ3) is 4.63. The number of carbonyl (C=O) groups is 1. The van der Waals surface area contributed by atoms with E-state index in [4.69, 9.17) is 0 Å². The molecule has 0 unspecified atom stereocenters. The zero-order valence-electron chi connectivity index (χ0n) is 16.7. The summed E-state index contributed by atoms with van der Waals surface area (Å²) in [6.07, 6.45) is 1.73. The molecule has 0 bridgehead atoms. The fourth-order valence-electron chi connectivity index (χ4n) is 3.66. The highest BCUT2D eigenvalue weighted by Gasteiger charge is 2.20. The van der Waals surface area contributed by atoms with Crippen molar-refractivity contribution in [3.05, 3.63) is 90.1 Å². The fourth-order valence-corrected chi connectivity index (χ4v) is 3.66. The van der Waals surface area contributed by atoms with Crippen molar-refractivity contribution in [2.75, 3.05) is 43.0 Å². The summed E-state index contributed by atoms with van der Waals surface area (Å²) >= 11 is 0. The highest BCUT2D eigenvalue weighted by Crippen LogP contribution is 2.19. The van der Waals surface area contributed by atoms with E-state index in [1.54, 1.807) is 24.2 Å². The van der Waals surface area contributed by atoms with Crippen LogP contribution in [0.25, 0.3) is 0 Å². The number of para-hydroxylation sites is 1. The van der Waals surface area contributed by atoms with Crippen LogP contribution in [-0.4, -0.2) is 49.0 Å². The molecule has 1 aliphatic rings. The van der Waals surface area contributed by atoms with Crippen molar-refractivity contribution in [2.45, 2.75) is 6.54 Å². The maximum atomic E-state index is 12.9. The Morgan fingerprint density at radius 1 is 0.931 bits per heavy atom. The zero-order chi connectivity index (χ0) is 20.1. The first kappa shape index (κ1) is 19.2. The highest BCUT2D eigenvalue weighted by molar-refractivity contribution is 6.06. The molecule has 4 rings (SSSR count). The van der Waals surface area contributed by atoms with Gasteiger partial charge in [-0.1, -0.05) is 48.5 Å². The molecule has 1 amide bonds. The minimum absolute atomic E-state index is 0.0254. The van der Waals surface area contributed by atoms with Gasteiger partial charge in [-0.15, -0.1) is 0 Å². The molecule has 0 spiro atoms. The average molecular weight is 386 g/mol. The summed E-state index contributed by atoms with van der Waals surface area (Å²) < 4.78 is 0. The van der Waals surface area contributed by atoms with Crippen molar-refractivity contribution in [2.24, 2.45) is 0 Å². The number of pyridine rings is 1. The summed E-state index contributed by atoms with van der Waals surface area (Å²) in [6, 6.07) is 24.0. The number of anilines is 2. The van der Waals surface area contributed by atoms with Gasteiger partial charge in [0.05, 0.1) is 0 Å². The molecule has 0 saturated carbocycles. The molecule has 1 aromatic heterocycles. The second kappa shape index (κ2) is 8.88. The minimum atomic E-state index is -0.0254. The van der Waals surface area contributed by atoms with E-state index in [0.717, 1.165) is 44.2 Å². The van der Waals surface area contributed by atoms with Gasteiger partial charge in [-0.3, -0.25) is 9.69 Å². The Morgan fingerprint density at radius 2 is 1.59 bits per heavy atom. The normalized spacial score (nSPS) is 14.6. The van der Waals surface area contributed by atoms with Crippen LogP contribution >= 0.6 is 0 Å². The first-order valence-electron chi connectivity index (χ1n) is 10.0. The van der Waals surface area contributed by atoms with Gasteiger partial charge in [0, 0.05) is 57.2 Å². The van der Waals surface area contributed by atoms with Crippen LogP contribution in [0.5, 0.6) is 0 Å². The Kier molecular flexibility index (Phi) is 5.86. The summed E-state index contributed by atoms with van der Waals surface area (Å²) in [5.74, 6) is 0.847. The summed E-state index contributed by atoms with van der Waals surface area (Å²) in [4.78, 5) is 23.8. The number of hydrogen-bond donors (Lipinski definition) is 0. The van der Waals surface area contributed by atoms with E-state index in [1.807, 2.05) is 36.4 Å². The lowest BCUT2D eigenvalue weighted by Gasteiger charge is -2.35. The van der Waals surface area contributed by atoms with Gasteiger partial charge in [-0.05, 0) is 29.8 Å². The predicted molar refractivity (Wildman–Crippen MR) is 117 cm³/mol. The third-order valence-electron chi connectivity index (χ3n) is 5.39. The van der Waals surface area contributed by atoms with E-state index in [1.165, 1.54) is 5.56 Å². The number of aromatic nitrogens is 1. The highest BCUT2D eigenvalue weighted by atomic mass is 16.2. The topological polar surface area (TPSA) is 39.7 Å². The van der Waals surface area contributed by atoms with Gasteiger partial charge in [0.15, 0.2) is 0 Å². The number of piperazine rings is 1. The van der Waals surface area contributed by atoms with Crippen molar-refractivity contribution >= 4 is 17.4 Å². The summed E-state index contributed by atoms with van der Waals surface area (Å²) in [5, 5.41) is 0. The molecule has 5 nitrogen and oxygen atoms in total. The van der Waals surface area contributed by atoms with Crippen LogP contribution in [0.1, 0.15) is 15.9 Å². The maximum Gasteiger partial charge on any atom is 0.258 e. The number of hydrogen-bond acceptors (Lipinski definition) is 4. The zero-order valence-corrected chi connectivity index (χ0v) is 16.7. The van der Waals surface area contributed by atoms with Gasteiger partial charge >= 0.3 is 0 Å². The van der Waals surface area contributed by atoms with Crippen LogP contribution in [0.4, 0.5) is 11.5 Å². The summed E-state index contributed by atoms with van der Waals surface area (Å²) in [5.41, 5.74) is 2.88. The number of rotatable bonds is 5. The maximum absolute atomic E-state index is 12.9.